The number of ether oxygens (including phenoxy) is 2. The average Bonchev–Trinajstić information content (AvgIpc) is 2.83. The van der Waals surface area contributed by atoms with Crippen molar-refractivity contribution in [3.8, 4) is 17.6 Å². The van der Waals surface area contributed by atoms with E-state index in [0.717, 1.165) is 36.0 Å². The Hall–Kier alpha value is -2.09. The first-order valence-corrected chi connectivity index (χ1v) is 8.87. The van der Waals surface area contributed by atoms with Crippen LogP contribution in [0.2, 0.25) is 0 Å². The summed E-state index contributed by atoms with van der Waals surface area (Å²) in [5, 5.41) is 12.9. The van der Waals surface area contributed by atoms with E-state index >= 15 is 0 Å². The lowest BCUT2D eigenvalue weighted by atomic mass is 9.86. The lowest BCUT2D eigenvalue weighted by Gasteiger charge is -2.46. The van der Waals surface area contributed by atoms with Gasteiger partial charge in [-0.15, -0.1) is 0 Å². The van der Waals surface area contributed by atoms with Crippen LogP contribution < -0.4 is 19.7 Å². The molecule has 0 bridgehead atoms. The number of fused-ring (bicyclic) bond motifs is 1. The van der Waals surface area contributed by atoms with Crippen LogP contribution in [0.15, 0.2) is 12.1 Å². The first kappa shape index (κ1) is 16.8. The minimum atomic E-state index is 0.110. The highest BCUT2D eigenvalue weighted by molar-refractivity contribution is 5.78. The molecule has 24 heavy (non-hydrogen) atoms. The summed E-state index contributed by atoms with van der Waals surface area (Å²) >= 11 is 0. The highest BCUT2D eigenvalue weighted by Crippen LogP contribution is 2.45. The number of rotatable bonds is 4. The van der Waals surface area contributed by atoms with Crippen LogP contribution in [-0.2, 0) is 0 Å². The van der Waals surface area contributed by atoms with Crippen LogP contribution in [0.3, 0.4) is 0 Å². The van der Waals surface area contributed by atoms with Gasteiger partial charge in [0.1, 0.15) is 0 Å². The Morgan fingerprint density at radius 3 is 2.42 bits per heavy atom. The van der Waals surface area contributed by atoms with E-state index in [-0.39, 0.29) is 5.54 Å². The number of anilines is 2. The Bertz CT molecular complexity index is 616. The van der Waals surface area contributed by atoms with Crippen LogP contribution in [0, 0.1) is 11.3 Å². The van der Waals surface area contributed by atoms with E-state index < -0.39 is 0 Å². The lowest BCUT2D eigenvalue weighted by molar-refractivity contribution is 0.353. The Labute approximate surface area is 144 Å². The number of benzene rings is 1. The summed E-state index contributed by atoms with van der Waals surface area (Å²) in [5.74, 6) is 1.48. The summed E-state index contributed by atoms with van der Waals surface area (Å²) in [5.41, 5.74) is 2.31. The van der Waals surface area contributed by atoms with Crippen LogP contribution in [0.4, 0.5) is 11.4 Å². The summed E-state index contributed by atoms with van der Waals surface area (Å²) in [7, 11) is 3.33. The van der Waals surface area contributed by atoms with Crippen LogP contribution >= 0.6 is 0 Å². The molecule has 2 aliphatic rings. The van der Waals surface area contributed by atoms with Crippen LogP contribution in [0.25, 0.3) is 0 Å². The summed E-state index contributed by atoms with van der Waals surface area (Å²) in [6, 6.07) is 6.35. The van der Waals surface area contributed by atoms with Crippen LogP contribution in [0.1, 0.15) is 44.9 Å². The van der Waals surface area contributed by atoms with E-state index in [2.05, 4.69) is 16.3 Å². The van der Waals surface area contributed by atoms with Gasteiger partial charge in [0.25, 0.3) is 0 Å². The molecule has 0 amide bonds. The van der Waals surface area contributed by atoms with Crippen molar-refractivity contribution in [3.63, 3.8) is 0 Å². The van der Waals surface area contributed by atoms with Crippen molar-refractivity contribution in [1.29, 1.82) is 5.26 Å². The molecule has 1 aliphatic carbocycles. The minimum Gasteiger partial charge on any atom is -0.493 e. The van der Waals surface area contributed by atoms with Crippen molar-refractivity contribution >= 4 is 11.4 Å². The molecule has 0 atom stereocenters. The molecule has 5 heteroatoms. The minimum absolute atomic E-state index is 0.110. The van der Waals surface area contributed by atoms with Gasteiger partial charge in [-0.2, -0.15) is 5.26 Å². The second kappa shape index (κ2) is 7.21. The van der Waals surface area contributed by atoms with E-state index in [0.29, 0.717) is 6.42 Å². The van der Waals surface area contributed by atoms with E-state index in [1.165, 1.54) is 38.5 Å². The molecular formula is C19H27N3O2. The first-order chi connectivity index (χ1) is 11.7. The molecule has 1 saturated carbocycles. The van der Waals surface area contributed by atoms with Gasteiger partial charge in [0.05, 0.1) is 43.6 Å². The van der Waals surface area contributed by atoms with Crippen molar-refractivity contribution in [2.45, 2.75) is 50.5 Å². The van der Waals surface area contributed by atoms with Crippen molar-refractivity contribution in [2.75, 3.05) is 37.5 Å². The molecular weight excluding hydrogens is 302 g/mol. The van der Waals surface area contributed by atoms with Gasteiger partial charge in [0.15, 0.2) is 11.5 Å². The van der Waals surface area contributed by atoms with Crippen LogP contribution in [-0.4, -0.2) is 32.8 Å². The average molecular weight is 329 g/mol. The van der Waals surface area contributed by atoms with E-state index in [4.69, 9.17) is 14.7 Å². The van der Waals surface area contributed by atoms with Gasteiger partial charge < -0.3 is 19.7 Å². The molecule has 1 aliphatic heterocycles. The number of hydrogen-bond donors (Lipinski definition) is 1. The maximum atomic E-state index is 9.04. The third-order valence-electron chi connectivity index (χ3n) is 5.29. The molecule has 5 nitrogen and oxygen atoms in total. The fraction of sp³-hybridized carbons (Fsp3) is 0.632. The molecule has 1 N–H and O–H groups in total. The predicted molar refractivity (Wildman–Crippen MR) is 96.0 cm³/mol. The van der Waals surface area contributed by atoms with Crippen LogP contribution in [0.5, 0.6) is 11.5 Å². The molecule has 1 aromatic rings. The zero-order valence-electron chi connectivity index (χ0n) is 14.7. The quantitative estimate of drug-likeness (QED) is 0.906. The van der Waals surface area contributed by atoms with Gasteiger partial charge in [-0.05, 0) is 12.8 Å². The topological polar surface area (TPSA) is 57.5 Å². The predicted octanol–water partition coefficient (Wildman–Crippen LogP) is 3.94. The van der Waals surface area contributed by atoms with Crippen molar-refractivity contribution < 1.29 is 9.47 Å². The molecule has 3 rings (SSSR count). The highest BCUT2D eigenvalue weighted by Gasteiger charge is 2.38. The molecule has 0 saturated heterocycles. The maximum Gasteiger partial charge on any atom is 0.162 e. The van der Waals surface area contributed by atoms with Gasteiger partial charge in [0, 0.05) is 25.2 Å². The maximum absolute atomic E-state index is 9.04. The molecule has 1 spiro atoms. The lowest BCUT2D eigenvalue weighted by Crippen LogP contribution is -2.52. The zero-order valence-corrected chi connectivity index (χ0v) is 14.7. The van der Waals surface area contributed by atoms with Gasteiger partial charge in [-0.1, -0.05) is 25.7 Å². The number of hydrogen-bond acceptors (Lipinski definition) is 5. The largest absolute Gasteiger partial charge is 0.493 e. The summed E-state index contributed by atoms with van der Waals surface area (Å²) in [4.78, 5) is 2.35. The SMILES string of the molecule is COc1cc2c(cc1OC)N(CCC#N)CC1(CCCCCC1)N2. The van der Waals surface area contributed by atoms with E-state index in [9.17, 15) is 0 Å². The Morgan fingerprint density at radius 1 is 1.12 bits per heavy atom. The van der Waals surface area contributed by atoms with Crippen molar-refractivity contribution in [2.24, 2.45) is 0 Å². The third kappa shape index (κ3) is 3.24. The smallest absolute Gasteiger partial charge is 0.162 e. The molecule has 130 valence electrons. The summed E-state index contributed by atoms with van der Waals surface area (Å²) in [6.07, 6.45) is 8.07. The molecule has 1 heterocycles. The van der Waals surface area contributed by atoms with Gasteiger partial charge in [-0.3, -0.25) is 0 Å². The number of nitriles is 1. The Balaban J connectivity index is 1.99. The Morgan fingerprint density at radius 2 is 1.79 bits per heavy atom. The zero-order chi connectivity index (χ0) is 17.0. The monoisotopic (exact) mass is 329 g/mol. The number of nitrogens with zero attached hydrogens (tertiary/aromatic N) is 2. The second-order valence-electron chi connectivity index (χ2n) is 6.87. The summed E-state index contributed by atoms with van der Waals surface area (Å²) < 4.78 is 11.0. The summed E-state index contributed by atoms with van der Waals surface area (Å²) in [6.45, 7) is 1.71. The van der Waals surface area contributed by atoms with E-state index in [1.807, 2.05) is 12.1 Å². The first-order valence-electron chi connectivity index (χ1n) is 8.87. The van der Waals surface area contributed by atoms with Crippen molar-refractivity contribution in [3.05, 3.63) is 12.1 Å². The van der Waals surface area contributed by atoms with Gasteiger partial charge in [0.2, 0.25) is 0 Å². The Kier molecular flexibility index (Phi) is 5.03. The normalized spacial score (nSPS) is 19.0. The fourth-order valence-corrected chi connectivity index (χ4v) is 4.08. The molecule has 0 aromatic heterocycles. The number of nitrogens with one attached hydrogen (secondary N) is 1. The van der Waals surface area contributed by atoms with Gasteiger partial charge >= 0.3 is 0 Å². The molecule has 0 radical (unpaired) electrons. The second-order valence-corrected chi connectivity index (χ2v) is 6.87. The molecule has 0 unspecified atom stereocenters. The van der Waals surface area contributed by atoms with Gasteiger partial charge in [-0.25, -0.2) is 0 Å². The van der Waals surface area contributed by atoms with E-state index in [1.54, 1.807) is 14.2 Å². The fourth-order valence-electron chi connectivity index (χ4n) is 4.08. The number of methoxy groups -OCH3 is 2. The third-order valence-corrected chi connectivity index (χ3v) is 5.29. The standard InChI is InChI=1S/C19H27N3O2/c1-23-17-12-15-16(13-18(17)24-2)22(11-7-10-20)14-19(21-15)8-5-3-4-6-9-19/h12-13,21H,3-9,11,14H2,1-2H3. The highest BCUT2D eigenvalue weighted by atomic mass is 16.5. The van der Waals surface area contributed by atoms with Crippen molar-refractivity contribution in [1.82, 2.24) is 0 Å². The molecule has 1 aromatic carbocycles. The molecule has 1 fully saturated rings.